The monoisotopic (exact) mass is 417 g/mol. The highest BCUT2D eigenvalue weighted by molar-refractivity contribution is 7.85. The highest BCUT2D eigenvalue weighted by atomic mass is 32.2. The SMILES string of the molecule is C[C@@H](N)C(=O)NS(=O)(=O)OC[C@H]1O[C@@H](n2cnc3c(N)ncnc32)[C@H](O)[C@@H]1O. The van der Waals surface area contributed by atoms with Crippen LogP contribution in [-0.4, -0.2) is 75.0 Å². The van der Waals surface area contributed by atoms with E-state index in [0.717, 1.165) is 0 Å². The number of anilines is 1. The number of nitrogens with zero attached hydrogens (tertiary/aromatic N) is 4. The van der Waals surface area contributed by atoms with Crippen LogP contribution in [0.25, 0.3) is 11.2 Å². The van der Waals surface area contributed by atoms with Crippen LogP contribution in [0.2, 0.25) is 0 Å². The number of carbonyl (C=O) groups is 1. The lowest BCUT2D eigenvalue weighted by atomic mass is 10.1. The number of nitrogens with one attached hydrogen (secondary N) is 1. The van der Waals surface area contributed by atoms with Gasteiger partial charge in [-0.05, 0) is 6.92 Å². The number of nitrogens with two attached hydrogens (primary N) is 2. The first-order valence-electron chi connectivity index (χ1n) is 8.02. The third-order valence-electron chi connectivity index (χ3n) is 4.03. The molecule has 3 heterocycles. The van der Waals surface area contributed by atoms with Crippen LogP contribution in [0.15, 0.2) is 12.7 Å². The first-order valence-corrected chi connectivity index (χ1v) is 9.42. The Morgan fingerprint density at radius 2 is 2.11 bits per heavy atom. The van der Waals surface area contributed by atoms with E-state index in [1.54, 1.807) is 4.72 Å². The molecule has 0 spiro atoms. The summed E-state index contributed by atoms with van der Waals surface area (Å²) in [5.74, 6) is -0.847. The van der Waals surface area contributed by atoms with Crippen LogP contribution >= 0.6 is 0 Å². The molecular formula is C13H19N7O7S. The quantitative estimate of drug-likeness (QED) is 0.313. The number of amides is 1. The number of aliphatic hydroxyl groups is 2. The van der Waals surface area contributed by atoms with Gasteiger partial charge in [-0.15, -0.1) is 0 Å². The second-order valence-corrected chi connectivity index (χ2v) is 7.47. The molecule has 0 radical (unpaired) electrons. The van der Waals surface area contributed by atoms with Gasteiger partial charge in [0.05, 0.1) is 19.0 Å². The molecule has 1 saturated heterocycles. The second-order valence-electron chi connectivity index (χ2n) is 6.12. The van der Waals surface area contributed by atoms with Crippen LogP contribution in [0.4, 0.5) is 5.82 Å². The number of hydrogen-bond donors (Lipinski definition) is 5. The minimum atomic E-state index is -4.47. The van der Waals surface area contributed by atoms with Crippen molar-refractivity contribution in [2.75, 3.05) is 12.3 Å². The fourth-order valence-corrected chi connectivity index (χ4v) is 3.36. The maximum atomic E-state index is 11.8. The standard InChI is InChI=1S/C13H19N7O7S/c1-5(14)12(23)19-28(24,25)26-2-6-8(21)9(22)13(27-6)20-4-18-7-10(15)16-3-17-11(7)20/h3-6,8-9,13,21-22H,2,14H2,1H3,(H,19,23)(H2,15,16,17)/t5-,6-,8-,9-,13-/m1/s1. The second kappa shape index (κ2) is 7.53. The first-order chi connectivity index (χ1) is 13.1. The molecule has 0 unspecified atom stereocenters. The van der Waals surface area contributed by atoms with Gasteiger partial charge in [-0.3, -0.25) is 13.5 Å². The molecule has 0 aromatic carbocycles. The van der Waals surface area contributed by atoms with Gasteiger partial charge in [0.25, 0.3) is 5.91 Å². The van der Waals surface area contributed by atoms with E-state index in [1.807, 2.05) is 0 Å². The van der Waals surface area contributed by atoms with Gasteiger partial charge in [0.2, 0.25) is 0 Å². The Balaban J connectivity index is 1.72. The summed E-state index contributed by atoms with van der Waals surface area (Å²) in [7, 11) is -4.47. The molecule has 5 atom stereocenters. The Bertz CT molecular complexity index is 979. The summed E-state index contributed by atoms with van der Waals surface area (Å²) < 4.78 is 36.6. The number of hydrogen-bond acceptors (Lipinski definition) is 12. The molecule has 1 fully saturated rings. The number of carbonyl (C=O) groups excluding carboxylic acids is 1. The maximum absolute atomic E-state index is 11.8. The van der Waals surface area contributed by atoms with Crippen molar-refractivity contribution < 1.29 is 32.3 Å². The normalized spacial score (nSPS) is 26.4. The highest BCUT2D eigenvalue weighted by Crippen LogP contribution is 2.32. The highest BCUT2D eigenvalue weighted by Gasteiger charge is 2.45. The molecule has 154 valence electrons. The van der Waals surface area contributed by atoms with Crippen molar-refractivity contribution >= 4 is 33.2 Å². The lowest BCUT2D eigenvalue weighted by Crippen LogP contribution is -2.43. The molecule has 2 aromatic rings. The number of imidazole rings is 1. The zero-order chi connectivity index (χ0) is 20.6. The van der Waals surface area contributed by atoms with Crippen molar-refractivity contribution in [2.24, 2.45) is 5.73 Å². The van der Waals surface area contributed by atoms with Gasteiger partial charge in [0, 0.05) is 0 Å². The molecule has 7 N–H and O–H groups in total. The Morgan fingerprint density at radius 3 is 2.79 bits per heavy atom. The molecule has 0 saturated carbocycles. The van der Waals surface area contributed by atoms with Gasteiger partial charge in [-0.2, -0.15) is 8.42 Å². The number of nitrogen functional groups attached to an aromatic ring is 1. The summed E-state index contributed by atoms with van der Waals surface area (Å²) in [6.07, 6.45) is -2.80. The molecular weight excluding hydrogens is 398 g/mol. The van der Waals surface area contributed by atoms with E-state index >= 15 is 0 Å². The number of ether oxygens (including phenoxy) is 1. The van der Waals surface area contributed by atoms with E-state index in [1.165, 1.54) is 24.1 Å². The van der Waals surface area contributed by atoms with Gasteiger partial charge < -0.3 is 26.4 Å². The van der Waals surface area contributed by atoms with Gasteiger partial charge in [-0.1, -0.05) is 0 Å². The van der Waals surface area contributed by atoms with Crippen LogP contribution in [0.1, 0.15) is 13.2 Å². The fraction of sp³-hybridized carbons (Fsp3) is 0.538. The molecule has 3 rings (SSSR count). The predicted molar refractivity (Wildman–Crippen MR) is 92.3 cm³/mol. The van der Waals surface area contributed by atoms with E-state index in [4.69, 9.17) is 16.2 Å². The topological polar surface area (TPSA) is 218 Å². The lowest BCUT2D eigenvalue weighted by Gasteiger charge is -2.16. The summed E-state index contributed by atoms with van der Waals surface area (Å²) in [4.78, 5) is 23.2. The third kappa shape index (κ3) is 3.89. The largest absolute Gasteiger partial charge is 0.387 e. The van der Waals surface area contributed by atoms with Crippen LogP contribution in [0.3, 0.4) is 0 Å². The Kier molecular flexibility index (Phi) is 5.46. The van der Waals surface area contributed by atoms with Gasteiger partial charge in [0.15, 0.2) is 17.7 Å². The zero-order valence-electron chi connectivity index (χ0n) is 14.5. The van der Waals surface area contributed by atoms with E-state index < -0.39 is 53.4 Å². The molecule has 0 aliphatic carbocycles. The van der Waals surface area contributed by atoms with Crippen LogP contribution in [0, 0.1) is 0 Å². The average Bonchev–Trinajstić information content (AvgIpc) is 3.16. The summed E-state index contributed by atoms with van der Waals surface area (Å²) >= 11 is 0. The number of rotatable bonds is 6. The predicted octanol–water partition coefficient (Wildman–Crippen LogP) is -3.25. The molecule has 15 heteroatoms. The van der Waals surface area contributed by atoms with E-state index in [0.29, 0.717) is 0 Å². The van der Waals surface area contributed by atoms with Crippen LogP contribution in [-0.2, 0) is 24.0 Å². The molecule has 1 aliphatic rings. The summed E-state index contributed by atoms with van der Waals surface area (Å²) in [6, 6.07) is -1.07. The van der Waals surface area contributed by atoms with E-state index in [9.17, 15) is 23.4 Å². The molecule has 2 aromatic heterocycles. The third-order valence-corrected chi connectivity index (χ3v) is 4.92. The number of aliphatic hydroxyl groups excluding tert-OH is 2. The first kappa shape index (κ1) is 20.3. The molecule has 1 aliphatic heterocycles. The van der Waals surface area contributed by atoms with Crippen LogP contribution < -0.4 is 16.2 Å². The fourth-order valence-electron chi connectivity index (χ4n) is 2.56. The van der Waals surface area contributed by atoms with Gasteiger partial charge in [0.1, 0.15) is 30.2 Å². The summed E-state index contributed by atoms with van der Waals surface area (Å²) in [6.45, 7) is 0.626. The van der Waals surface area contributed by atoms with Gasteiger partial charge >= 0.3 is 10.3 Å². The smallest absolute Gasteiger partial charge is 0.362 e. The molecule has 1 amide bonds. The van der Waals surface area contributed by atoms with Crippen molar-refractivity contribution in [2.45, 2.75) is 37.5 Å². The number of fused-ring (bicyclic) bond motifs is 1. The van der Waals surface area contributed by atoms with Gasteiger partial charge in [-0.25, -0.2) is 19.7 Å². The summed E-state index contributed by atoms with van der Waals surface area (Å²) in [5, 5.41) is 20.5. The average molecular weight is 417 g/mol. The van der Waals surface area contributed by atoms with Crippen molar-refractivity contribution in [1.82, 2.24) is 24.2 Å². The zero-order valence-corrected chi connectivity index (χ0v) is 15.4. The Morgan fingerprint density at radius 1 is 1.39 bits per heavy atom. The Labute approximate surface area is 158 Å². The van der Waals surface area contributed by atoms with E-state index in [2.05, 4.69) is 19.1 Å². The molecule has 0 bridgehead atoms. The van der Waals surface area contributed by atoms with Crippen molar-refractivity contribution in [3.05, 3.63) is 12.7 Å². The van der Waals surface area contributed by atoms with Crippen molar-refractivity contribution in [3.63, 3.8) is 0 Å². The Hall–Kier alpha value is -2.43. The van der Waals surface area contributed by atoms with Crippen LogP contribution in [0.5, 0.6) is 0 Å². The minimum Gasteiger partial charge on any atom is -0.387 e. The van der Waals surface area contributed by atoms with E-state index in [-0.39, 0.29) is 17.0 Å². The van der Waals surface area contributed by atoms with Crippen molar-refractivity contribution in [3.8, 4) is 0 Å². The minimum absolute atomic E-state index is 0.118. The summed E-state index contributed by atoms with van der Waals surface area (Å²) in [5.41, 5.74) is 11.5. The number of aromatic nitrogens is 4. The maximum Gasteiger partial charge on any atom is 0.362 e. The lowest BCUT2D eigenvalue weighted by molar-refractivity contribution is -0.120. The molecule has 28 heavy (non-hydrogen) atoms. The van der Waals surface area contributed by atoms with Crippen molar-refractivity contribution in [1.29, 1.82) is 0 Å². The molecule has 14 nitrogen and oxygen atoms in total.